The van der Waals surface area contributed by atoms with E-state index in [9.17, 15) is 9.90 Å². The number of likely N-dealkylation sites (tertiary alicyclic amines) is 1. The maximum Gasteiger partial charge on any atom is 0.226 e. The number of nitrogens with zero attached hydrogens (tertiary/aromatic N) is 1. The normalized spacial score (nSPS) is 41.8. The Morgan fingerprint density at radius 1 is 1.28 bits per heavy atom. The molecule has 5 atom stereocenters. The van der Waals surface area contributed by atoms with E-state index < -0.39 is 0 Å². The van der Waals surface area contributed by atoms with Crippen LogP contribution < -0.4 is 5.73 Å². The molecule has 1 aliphatic carbocycles. The summed E-state index contributed by atoms with van der Waals surface area (Å²) in [5, 5.41) is 9.89. The lowest BCUT2D eigenvalue weighted by Crippen LogP contribution is -2.51. The molecule has 5 unspecified atom stereocenters. The number of nitrogens with two attached hydrogens (primary N) is 1. The van der Waals surface area contributed by atoms with Crippen LogP contribution in [0.5, 0.6) is 0 Å². The molecule has 4 nitrogen and oxygen atoms in total. The molecule has 1 saturated carbocycles. The third-order valence-electron chi connectivity index (χ3n) is 4.91. The number of rotatable bonds is 1. The topological polar surface area (TPSA) is 66.6 Å². The Hall–Kier alpha value is -0.610. The molecule has 18 heavy (non-hydrogen) atoms. The van der Waals surface area contributed by atoms with E-state index in [4.69, 9.17) is 5.73 Å². The van der Waals surface area contributed by atoms with Crippen molar-refractivity contribution in [3.8, 4) is 0 Å². The number of carbonyl (C=O) groups is 1. The standard InChI is InChI=1S/C14H26N2O2/c1-9-6-7-16(8-13(9)17)14(18)11-4-3-5-12(15)10(11)2/h9-13,17H,3-8,15H2,1-2H3. The highest BCUT2D eigenvalue weighted by molar-refractivity contribution is 5.79. The molecule has 0 aromatic heterocycles. The highest BCUT2D eigenvalue weighted by Crippen LogP contribution is 2.31. The molecule has 0 spiro atoms. The first-order valence-corrected chi connectivity index (χ1v) is 7.23. The lowest BCUT2D eigenvalue weighted by molar-refractivity contribution is -0.142. The predicted octanol–water partition coefficient (Wildman–Crippen LogP) is 0.979. The summed E-state index contributed by atoms with van der Waals surface area (Å²) in [4.78, 5) is 14.4. The third kappa shape index (κ3) is 2.69. The Kier molecular flexibility index (Phi) is 4.28. The van der Waals surface area contributed by atoms with Gasteiger partial charge in [0.05, 0.1) is 6.10 Å². The summed E-state index contributed by atoms with van der Waals surface area (Å²) in [5.41, 5.74) is 6.07. The molecule has 4 heteroatoms. The first-order valence-electron chi connectivity index (χ1n) is 7.23. The van der Waals surface area contributed by atoms with Crippen LogP contribution in [-0.2, 0) is 4.79 Å². The molecular formula is C14H26N2O2. The van der Waals surface area contributed by atoms with E-state index >= 15 is 0 Å². The van der Waals surface area contributed by atoms with E-state index in [2.05, 4.69) is 6.92 Å². The smallest absolute Gasteiger partial charge is 0.226 e. The molecule has 0 radical (unpaired) electrons. The van der Waals surface area contributed by atoms with Crippen LogP contribution in [0.4, 0.5) is 0 Å². The summed E-state index contributed by atoms with van der Waals surface area (Å²) in [6.07, 6.45) is 3.57. The third-order valence-corrected chi connectivity index (χ3v) is 4.91. The molecular weight excluding hydrogens is 228 g/mol. The van der Waals surface area contributed by atoms with E-state index in [1.54, 1.807) is 0 Å². The highest BCUT2D eigenvalue weighted by Gasteiger charge is 2.37. The van der Waals surface area contributed by atoms with E-state index in [1.165, 1.54) is 0 Å². The Morgan fingerprint density at radius 2 is 2.00 bits per heavy atom. The summed E-state index contributed by atoms with van der Waals surface area (Å²) >= 11 is 0. The fourth-order valence-electron chi connectivity index (χ4n) is 3.23. The number of amides is 1. The van der Waals surface area contributed by atoms with Crippen molar-refractivity contribution in [1.29, 1.82) is 0 Å². The van der Waals surface area contributed by atoms with Gasteiger partial charge in [-0.1, -0.05) is 20.3 Å². The second-order valence-electron chi connectivity index (χ2n) is 6.18. The largest absolute Gasteiger partial charge is 0.391 e. The quantitative estimate of drug-likeness (QED) is 0.733. The number of hydrogen-bond acceptors (Lipinski definition) is 3. The van der Waals surface area contributed by atoms with Crippen molar-refractivity contribution in [2.45, 2.75) is 51.7 Å². The number of β-amino-alcohol motifs (C(OH)–C–C–N with tert-alkyl or cyclic N) is 1. The summed E-state index contributed by atoms with van der Waals surface area (Å²) in [7, 11) is 0. The maximum atomic E-state index is 12.5. The van der Waals surface area contributed by atoms with Gasteiger partial charge in [0.25, 0.3) is 0 Å². The van der Waals surface area contributed by atoms with Crippen molar-refractivity contribution < 1.29 is 9.90 Å². The molecule has 0 bridgehead atoms. The maximum absolute atomic E-state index is 12.5. The second kappa shape index (κ2) is 5.57. The van der Waals surface area contributed by atoms with Crippen molar-refractivity contribution >= 4 is 5.91 Å². The first-order chi connectivity index (χ1) is 8.50. The molecule has 1 saturated heterocycles. The van der Waals surface area contributed by atoms with Crippen LogP contribution in [0.25, 0.3) is 0 Å². The number of aliphatic hydroxyl groups is 1. The first kappa shape index (κ1) is 13.8. The highest BCUT2D eigenvalue weighted by atomic mass is 16.3. The molecule has 104 valence electrons. The minimum atomic E-state index is -0.365. The van der Waals surface area contributed by atoms with Crippen LogP contribution >= 0.6 is 0 Å². The van der Waals surface area contributed by atoms with Crippen LogP contribution in [0.15, 0.2) is 0 Å². The van der Waals surface area contributed by atoms with Crippen molar-refractivity contribution in [2.24, 2.45) is 23.5 Å². The van der Waals surface area contributed by atoms with Gasteiger partial charge in [-0.25, -0.2) is 0 Å². The minimum Gasteiger partial charge on any atom is -0.391 e. The van der Waals surface area contributed by atoms with Gasteiger partial charge in [-0.3, -0.25) is 4.79 Å². The lowest BCUT2D eigenvalue weighted by atomic mass is 9.76. The van der Waals surface area contributed by atoms with Crippen molar-refractivity contribution in [2.75, 3.05) is 13.1 Å². The molecule has 3 N–H and O–H groups in total. The summed E-state index contributed by atoms with van der Waals surface area (Å²) in [5.74, 6) is 0.848. The van der Waals surface area contributed by atoms with E-state index in [1.807, 2.05) is 11.8 Å². The average molecular weight is 254 g/mol. The zero-order valence-electron chi connectivity index (χ0n) is 11.5. The number of piperidine rings is 1. The number of carbonyl (C=O) groups excluding carboxylic acids is 1. The summed E-state index contributed by atoms with van der Waals surface area (Å²) < 4.78 is 0. The van der Waals surface area contributed by atoms with Gasteiger partial charge in [0.1, 0.15) is 0 Å². The Morgan fingerprint density at radius 3 is 2.67 bits per heavy atom. The van der Waals surface area contributed by atoms with Crippen molar-refractivity contribution in [3.63, 3.8) is 0 Å². The van der Waals surface area contributed by atoms with Crippen molar-refractivity contribution in [1.82, 2.24) is 4.90 Å². The predicted molar refractivity (Wildman–Crippen MR) is 70.8 cm³/mol. The zero-order valence-corrected chi connectivity index (χ0v) is 11.5. The van der Waals surface area contributed by atoms with E-state index in [-0.39, 0.29) is 29.9 Å². The fraction of sp³-hybridized carbons (Fsp3) is 0.929. The molecule has 0 aromatic rings. The minimum absolute atomic E-state index is 0.0642. The number of aliphatic hydroxyl groups excluding tert-OH is 1. The van der Waals surface area contributed by atoms with Gasteiger partial charge >= 0.3 is 0 Å². The van der Waals surface area contributed by atoms with Crippen LogP contribution in [0.3, 0.4) is 0 Å². The van der Waals surface area contributed by atoms with Gasteiger partial charge < -0.3 is 15.7 Å². The fourth-order valence-corrected chi connectivity index (χ4v) is 3.23. The van der Waals surface area contributed by atoms with Gasteiger partial charge in [-0.05, 0) is 31.1 Å². The monoisotopic (exact) mass is 254 g/mol. The van der Waals surface area contributed by atoms with Crippen LogP contribution in [-0.4, -0.2) is 41.1 Å². The summed E-state index contributed by atoms with van der Waals surface area (Å²) in [6.45, 7) is 5.43. The lowest BCUT2D eigenvalue weighted by Gasteiger charge is -2.40. The molecule has 2 rings (SSSR count). The van der Waals surface area contributed by atoms with Gasteiger partial charge in [0, 0.05) is 25.0 Å². The van der Waals surface area contributed by atoms with Gasteiger partial charge in [0.2, 0.25) is 5.91 Å². The second-order valence-corrected chi connectivity index (χ2v) is 6.18. The van der Waals surface area contributed by atoms with Crippen LogP contribution in [0.1, 0.15) is 39.5 Å². The van der Waals surface area contributed by atoms with Gasteiger partial charge in [-0.15, -0.1) is 0 Å². The van der Waals surface area contributed by atoms with E-state index in [0.717, 1.165) is 32.2 Å². The molecule has 1 heterocycles. The van der Waals surface area contributed by atoms with Gasteiger partial charge in [-0.2, -0.15) is 0 Å². The Labute approximate surface area is 110 Å². The average Bonchev–Trinajstić information content (AvgIpc) is 2.35. The van der Waals surface area contributed by atoms with Crippen LogP contribution in [0, 0.1) is 17.8 Å². The molecule has 2 fully saturated rings. The number of hydrogen-bond donors (Lipinski definition) is 2. The molecule has 1 amide bonds. The molecule has 0 aromatic carbocycles. The Bertz CT molecular complexity index is 308. The summed E-state index contributed by atoms with van der Waals surface area (Å²) in [6, 6.07) is 0.154. The van der Waals surface area contributed by atoms with Crippen LogP contribution in [0.2, 0.25) is 0 Å². The SMILES string of the molecule is CC1CCN(C(=O)C2CCCC(N)C2C)CC1O. The zero-order chi connectivity index (χ0) is 13.3. The Balaban J connectivity index is 1.98. The van der Waals surface area contributed by atoms with Gasteiger partial charge in [0.15, 0.2) is 0 Å². The van der Waals surface area contributed by atoms with Crippen molar-refractivity contribution in [3.05, 3.63) is 0 Å². The van der Waals surface area contributed by atoms with E-state index in [0.29, 0.717) is 12.5 Å². The molecule has 1 aliphatic heterocycles. The molecule has 2 aliphatic rings.